The number of piperazine rings is 1. The van der Waals surface area contributed by atoms with Crippen LogP contribution < -0.4 is 0 Å². The summed E-state index contributed by atoms with van der Waals surface area (Å²) in [4.78, 5) is 5.20. The van der Waals surface area contributed by atoms with Crippen molar-refractivity contribution in [3.05, 3.63) is 138 Å². The maximum absolute atomic E-state index is 2.64. The molecule has 1 aliphatic rings. The van der Waals surface area contributed by atoms with E-state index in [-0.39, 0.29) is 6.04 Å². The molecule has 2 heteroatoms. The predicted octanol–water partition coefficient (Wildman–Crippen LogP) is 6.77. The van der Waals surface area contributed by atoms with Gasteiger partial charge in [-0.25, -0.2) is 0 Å². The molecule has 4 aromatic rings. The minimum absolute atomic E-state index is 0.285. The van der Waals surface area contributed by atoms with Crippen LogP contribution in [0, 0.1) is 0 Å². The van der Waals surface area contributed by atoms with Crippen molar-refractivity contribution in [2.24, 2.45) is 0 Å². The average molecular weight is 445 g/mol. The molecule has 34 heavy (non-hydrogen) atoms. The van der Waals surface area contributed by atoms with Gasteiger partial charge < -0.3 is 0 Å². The Morgan fingerprint density at radius 1 is 0.559 bits per heavy atom. The van der Waals surface area contributed by atoms with E-state index < -0.39 is 0 Å². The first kappa shape index (κ1) is 22.3. The Kier molecular flexibility index (Phi) is 7.30. The first-order chi connectivity index (χ1) is 16.9. The van der Waals surface area contributed by atoms with Gasteiger partial charge in [-0.1, -0.05) is 127 Å². The highest BCUT2D eigenvalue weighted by Crippen LogP contribution is 2.31. The van der Waals surface area contributed by atoms with Gasteiger partial charge in [0.05, 0.1) is 6.04 Å². The summed E-state index contributed by atoms with van der Waals surface area (Å²) in [7, 11) is 0. The van der Waals surface area contributed by atoms with Gasteiger partial charge in [0, 0.05) is 32.7 Å². The fraction of sp³-hybridized carbons (Fsp3) is 0.188. The maximum Gasteiger partial charge on any atom is 0.0602 e. The first-order valence-electron chi connectivity index (χ1n) is 12.3. The van der Waals surface area contributed by atoms with Gasteiger partial charge in [0.25, 0.3) is 0 Å². The van der Waals surface area contributed by atoms with Crippen molar-refractivity contribution >= 4 is 6.08 Å². The van der Waals surface area contributed by atoms with Crippen LogP contribution in [0.15, 0.2) is 121 Å². The van der Waals surface area contributed by atoms with E-state index in [4.69, 9.17) is 0 Å². The normalized spacial score (nSPS) is 16.0. The molecule has 0 aromatic heterocycles. The highest BCUT2D eigenvalue weighted by Gasteiger charge is 2.26. The van der Waals surface area contributed by atoms with Gasteiger partial charge in [-0.15, -0.1) is 0 Å². The number of benzene rings is 4. The van der Waals surface area contributed by atoms with E-state index in [0.29, 0.717) is 0 Å². The van der Waals surface area contributed by atoms with Crippen LogP contribution in [0.4, 0.5) is 0 Å². The SMILES string of the molecule is C(=C\c1ccccc1)/CN1CCN([C@@H](c2ccccc2)c2ccc(-c3ccccc3)cc2)CC1. The summed E-state index contributed by atoms with van der Waals surface area (Å²) < 4.78 is 0. The number of rotatable bonds is 7. The molecule has 0 aliphatic carbocycles. The Hall–Kier alpha value is -3.46. The molecule has 0 spiro atoms. The molecule has 0 saturated carbocycles. The summed E-state index contributed by atoms with van der Waals surface area (Å²) in [5, 5.41) is 0. The zero-order valence-electron chi connectivity index (χ0n) is 19.6. The molecule has 1 heterocycles. The minimum atomic E-state index is 0.285. The van der Waals surface area contributed by atoms with Crippen LogP contribution in [0.2, 0.25) is 0 Å². The third kappa shape index (κ3) is 5.53. The van der Waals surface area contributed by atoms with Gasteiger partial charge in [0.15, 0.2) is 0 Å². The lowest BCUT2D eigenvalue weighted by atomic mass is 9.94. The molecule has 0 unspecified atom stereocenters. The summed E-state index contributed by atoms with van der Waals surface area (Å²) in [5.41, 5.74) is 6.54. The zero-order chi connectivity index (χ0) is 23.0. The van der Waals surface area contributed by atoms with Crippen LogP contribution in [-0.2, 0) is 0 Å². The van der Waals surface area contributed by atoms with Crippen LogP contribution in [-0.4, -0.2) is 42.5 Å². The number of hydrogen-bond donors (Lipinski definition) is 0. The second kappa shape index (κ2) is 11.1. The molecule has 4 aromatic carbocycles. The zero-order valence-corrected chi connectivity index (χ0v) is 19.6. The van der Waals surface area contributed by atoms with E-state index in [1.165, 1.54) is 27.8 Å². The van der Waals surface area contributed by atoms with Crippen LogP contribution in [0.3, 0.4) is 0 Å². The molecule has 2 nitrogen and oxygen atoms in total. The molecule has 0 radical (unpaired) electrons. The van der Waals surface area contributed by atoms with Crippen LogP contribution in [0.25, 0.3) is 17.2 Å². The molecule has 1 fully saturated rings. The van der Waals surface area contributed by atoms with Gasteiger partial charge in [-0.05, 0) is 27.8 Å². The van der Waals surface area contributed by atoms with Crippen LogP contribution in [0.5, 0.6) is 0 Å². The quantitative estimate of drug-likeness (QED) is 0.310. The largest absolute Gasteiger partial charge is 0.297 e. The van der Waals surface area contributed by atoms with Crippen molar-refractivity contribution in [3.8, 4) is 11.1 Å². The predicted molar refractivity (Wildman–Crippen MR) is 144 cm³/mol. The van der Waals surface area contributed by atoms with Crippen LogP contribution in [0.1, 0.15) is 22.7 Å². The minimum Gasteiger partial charge on any atom is -0.297 e. The summed E-state index contributed by atoms with van der Waals surface area (Å²) in [5.74, 6) is 0. The smallest absolute Gasteiger partial charge is 0.0602 e. The molecule has 5 rings (SSSR count). The molecular formula is C32H32N2. The Bertz CT molecular complexity index is 1160. The third-order valence-corrected chi connectivity index (χ3v) is 6.69. The molecule has 1 atom stereocenters. The Morgan fingerprint density at radius 3 is 1.74 bits per heavy atom. The first-order valence-corrected chi connectivity index (χ1v) is 12.3. The second-order valence-corrected chi connectivity index (χ2v) is 8.95. The van der Waals surface area contributed by atoms with Gasteiger partial charge in [-0.3, -0.25) is 9.80 Å². The summed E-state index contributed by atoms with van der Waals surface area (Å²) in [6, 6.07) is 41.6. The average Bonchev–Trinajstić information content (AvgIpc) is 2.92. The maximum atomic E-state index is 2.64. The molecule has 0 bridgehead atoms. The topological polar surface area (TPSA) is 6.48 Å². The Balaban J connectivity index is 1.28. The molecule has 1 saturated heterocycles. The molecule has 170 valence electrons. The van der Waals surface area contributed by atoms with Crippen molar-refractivity contribution in [3.63, 3.8) is 0 Å². The monoisotopic (exact) mass is 444 g/mol. The molecule has 1 aliphatic heterocycles. The number of hydrogen-bond acceptors (Lipinski definition) is 2. The van der Waals surface area contributed by atoms with Crippen molar-refractivity contribution < 1.29 is 0 Å². The van der Waals surface area contributed by atoms with E-state index in [9.17, 15) is 0 Å². The van der Waals surface area contributed by atoms with Gasteiger partial charge in [0.2, 0.25) is 0 Å². The van der Waals surface area contributed by atoms with Gasteiger partial charge in [-0.2, -0.15) is 0 Å². The van der Waals surface area contributed by atoms with E-state index in [1.54, 1.807) is 0 Å². The second-order valence-electron chi connectivity index (χ2n) is 8.95. The lowest BCUT2D eigenvalue weighted by molar-refractivity contribution is 0.118. The summed E-state index contributed by atoms with van der Waals surface area (Å²) in [6.45, 7) is 5.32. The molecule has 0 N–H and O–H groups in total. The highest BCUT2D eigenvalue weighted by atomic mass is 15.3. The van der Waals surface area contributed by atoms with E-state index >= 15 is 0 Å². The summed E-state index contributed by atoms with van der Waals surface area (Å²) >= 11 is 0. The Labute approximate surface area is 203 Å². The fourth-order valence-corrected chi connectivity index (χ4v) is 4.84. The standard InChI is InChI=1S/C32H32N2/c1-4-11-27(12-5-1)13-10-22-33-23-25-34(26-24-33)32(30-16-8-3-9-17-30)31-20-18-29(19-21-31)28-14-6-2-7-15-28/h1-21,32H,22-26H2/b13-10+/t32-/m0/s1. The van der Waals surface area contributed by atoms with E-state index in [1.807, 2.05) is 0 Å². The highest BCUT2D eigenvalue weighted by molar-refractivity contribution is 5.63. The third-order valence-electron chi connectivity index (χ3n) is 6.69. The van der Waals surface area contributed by atoms with Crippen molar-refractivity contribution in [1.29, 1.82) is 0 Å². The molecular weight excluding hydrogens is 412 g/mol. The molecule has 0 amide bonds. The van der Waals surface area contributed by atoms with Crippen LogP contribution >= 0.6 is 0 Å². The number of nitrogens with zero attached hydrogens (tertiary/aromatic N) is 2. The lowest BCUT2D eigenvalue weighted by Gasteiger charge is -2.39. The van der Waals surface area contributed by atoms with Gasteiger partial charge in [0.1, 0.15) is 0 Å². The summed E-state index contributed by atoms with van der Waals surface area (Å²) in [6.07, 6.45) is 4.52. The Morgan fingerprint density at radius 2 is 1.09 bits per heavy atom. The van der Waals surface area contributed by atoms with E-state index in [0.717, 1.165) is 32.7 Å². The van der Waals surface area contributed by atoms with E-state index in [2.05, 4.69) is 137 Å². The van der Waals surface area contributed by atoms with Crippen molar-refractivity contribution in [2.75, 3.05) is 32.7 Å². The van der Waals surface area contributed by atoms with Crippen molar-refractivity contribution in [2.45, 2.75) is 6.04 Å². The fourth-order valence-electron chi connectivity index (χ4n) is 4.84. The van der Waals surface area contributed by atoms with Crippen molar-refractivity contribution in [1.82, 2.24) is 9.80 Å². The lowest BCUT2D eigenvalue weighted by Crippen LogP contribution is -2.47. The van der Waals surface area contributed by atoms with Gasteiger partial charge >= 0.3 is 0 Å².